The highest BCUT2D eigenvalue weighted by atomic mass is 16.5. The number of nitrogens with zero attached hydrogens (tertiary/aromatic N) is 1. The van der Waals surface area contributed by atoms with Crippen LogP contribution in [0.2, 0.25) is 0 Å². The SMILES string of the molecule is NC[C@H]1CC[C@@H](c2ccn[nH]2)O1. The van der Waals surface area contributed by atoms with E-state index in [1.165, 1.54) is 0 Å². The first-order valence-electron chi connectivity index (χ1n) is 4.25. The summed E-state index contributed by atoms with van der Waals surface area (Å²) in [5, 5.41) is 6.79. The molecule has 0 aromatic carbocycles. The molecule has 3 N–H and O–H groups in total. The molecule has 2 heterocycles. The molecule has 4 nitrogen and oxygen atoms in total. The van der Waals surface area contributed by atoms with Gasteiger partial charge in [-0.1, -0.05) is 0 Å². The standard InChI is InChI=1S/C8H13N3O/c9-5-6-1-2-8(12-6)7-3-4-10-11-7/h3-4,6,8H,1-2,5,9H2,(H,10,11)/t6-,8+/m1/s1. The van der Waals surface area contributed by atoms with Crippen LogP contribution in [0.3, 0.4) is 0 Å². The maximum absolute atomic E-state index is 5.66. The Morgan fingerprint density at radius 2 is 2.58 bits per heavy atom. The Labute approximate surface area is 71.1 Å². The molecule has 1 fully saturated rings. The Kier molecular flexibility index (Phi) is 2.10. The molecule has 12 heavy (non-hydrogen) atoms. The minimum Gasteiger partial charge on any atom is -0.367 e. The number of aromatic amines is 1. The number of ether oxygens (including phenoxy) is 1. The van der Waals surface area contributed by atoms with Gasteiger partial charge in [-0.05, 0) is 18.9 Å². The fourth-order valence-electron chi connectivity index (χ4n) is 1.55. The van der Waals surface area contributed by atoms with Crippen molar-refractivity contribution in [3.63, 3.8) is 0 Å². The second kappa shape index (κ2) is 3.25. The third kappa shape index (κ3) is 1.35. The van der Waals surface area contributed by atoms with E-state index in [-0.39, 0.29) is 12.2 Å². The van der Waals surface area contributed by atoms with Crippen molar-refractivity contribution in [2.75, 3.05) is 6.54 Å². The first-order valence-corrected chi connectivity index (χ1v) is 4.25. The molecule has 2 atom stereocenters. The van der Waals surface area contributed by atoms with Crippen LogP contribution in [-0.2, 0) is 4.74 Å². The minimum atomic E-state index is 0.182. The van der Waals surface area contributed by atoms with E-state index in [0.29, 0.717) is 6.54 Å². The molecule has 2 rings (SSSR count). The largest absolute Gasteiger partial charge is 0.367 e. The van der Waals surface area contributed by atoms with Crippen LogP contribution in [0.1, 0.15) is 24.6 Å². The van der Waals surface area contributed by atoms with Crippen LogP contribution in [0.15, 0.2) is 12.3 Å². The second-order valence-electron chi connectivity index (χ2n) is 3.07. The summed E-state index contributed by atoms with van der Waals surface area (Å²) in [6.45, 7) is 0.616. The molecule has 66 valence electrons. The number of nitrogens with one attached hydrogen (secondary N) is 1. The normalized spacial score (nSPS) is 29.4. The Bertz CT molecular complexity index is 234. The van der Waals surface area contributed by atoms with E-state index in [4.69, 9.17) is 10.5 Å². The lowest BCUT2D eigenvalue weighted by Crippen LogP contribution is -2.18. The molecular weight excluding hydrogens is 154 g/mol. The Hall–Kier alpha value is -0.870. The number of hydrogen-bond acceptors (Lipinski definition) is 3. The van der Waals surface area contributed by atoms with E-state index in [0.717, 1.165) is 18.5 Å². The summed E-state index contributed by atoms with van der Waals surface area (Å²) in [4.78, 5) is 0. The zero-order valence-electron chi connectivity index (χ0n) is 6.86. The number of nitrogens with two attached hydrogens (primary N) is 1. The van der Waals surface area contributed by atoms with Gasteiger partial charge in [-0.2, -0.15) is 5.10 Å². The van der Waals surface area contributed by atoms with Crippen molar-refractivity contribution in [2.45, 2.75) is 25.0 Å². The molecule has 0 unspecified atom stereocenters. The minimum absolute atomic E-state index is 0.182. The van der Waals surface area contributed by atoms with Crippen molar-refractivity contribution < 1.29 is 4.74 Å². The molecule has 1 aromatic rings. The number of aromatic nitrogens is 2. The Balaban J connectivity index is 2.00. The van der Waals surface area contributed by atoms with E-state index in [9.17, 15) is 0 Å². The predicted molar refractivity (Wildman–Crippen MR) is 44.5 cm³/mol. The average molecular weight is 167 g/mol. The van der Waals surface area contributed by atoms with Gasteiger partial charge in [-0.3, -0.25) is 5.10 Å². The Morgan fingerprint density at radius 1 is 1.67 bits per heavy atom. The number of hydrogen-bond donors (Lipinski definition) is 2. The molecule has 0 bridgehead atoms. The van der Waals surface area contributed by atoms with Crippen LogP contribution in [-0.4, -0.2) is 22.8 Å². The van der Waals surface area contributed by atoms with Crippen molar-refractivity contribution in [1.82, 2.24) is 10.2 Å². The van der Waals surface area contributed by atoms with Crippen molar-refractivity contribution in [2.24, 2.45) is 5.73 Å². The molecule has 0 radical (unpaired) electrons. The van der Waals surface area contributed by atoms with E-state index in [2.05, 4.69) is 10.2 Å². The molecule has 4 heteroatoms. The molecule has 0 saturated carbocycles. The van der Waals surface area contributed by atoms with Gasteiger partial charge in [0, 0.05) is 12.7 Å². The maximum Gasteiger partial charge on any atom is 0.0994 e. The summed E-state index contributed by atoms with van der Waals surface area (Å²) in [7, 11) is 0. The molecule has 1 aliphatic heterocycles. The van der Waals surface area contributed by atoms with Crippen molar-refractivity contribution in [3.05, 3.63) is 18.0 Å². The third-order valence-electron chi connectivity index (χ3n) is 2.24. The number of H-pyrrole nitrogens is 1. The fourth-order valence-corrected chi connectivity index (χ4v) is 1.55. The van der Waals surface area contributed by atoms with Crippen LogP contribution in [0.25, 0.3) is 0 Å². The monoisotopic (exact) mass is 167 g/mol. The quantitative estimate of drug-likeness (QED) is 0.677. The van der Waals surface area contributed by atoms with Gasteiger partial charge in [-0.15, -0.1) is 0 Å². The van der Waals surface area contributed by atoms with E-state index < -0.39 is 0 Å². The average Bonchev–Trinajstić information content (AvgIpc) is 2.75. The molecule has 1 aliphatic rings. The number of rotatable bonds is 2. The van der Waals surface area contributed by atoms with E-state index in [1.807, 2.05) is 6.07 Å². The van der Waals surface area contributed by atoms with E-state index in [1.54, 1.807) is 6.20 Å². The smallest absolute Gasteiger partial charge is 0.0994 e. The summed E-state index contributed by atoms with van der Waals surface area (Å²) in [6.07, 6.45) is 4.26. The topological polar surface area (TPSA) is 63.9 Å². The summed E-state index contributed by atoms with van der Waals surface area (Å²) in [6, 6.07) is 1.95. The van der Waals surface area contributed by atoms with Crippen molar-refractivity contribution in [3.8, 4) is 0 Å². The predicted octanol–water partition coefficient (Wildman–Crippen LogP) is 0.588. The highest BCUT2D eigenvalue weighted by molar-refractivity contribution is 5.03. The van der Waals surface area contributed by atoms with Gasteiger partial charge < -0.3 is 10.5 Å². The highest BCUT2D eigenvalue weighted by Crippen LogP contribution is 2.30. The van der Waals surface area contributed by atoms with Gasteiger partial charge in [-0.25, -0.2) is 0 Å². The lowest BCUT2D eigenvalue weighted by molar-refractivity contribution is 0.0474. The maximum atomic E-state index is 5.66. The van der Waals surface area contributed by atoms with Gasteiger partial charge in [0.25, 0.3) is 0 Å². The van der Waals surface area contributed by atoms with Gasteiger partial charge in [0.05, 0.1) is 17.9 Å². The lowest BCUT2D eigenvalue weighted by atomic mass is 10.1. The van der Waals surface area contributed by atoms with Crippen LogP contribution in [0.5, 0.6) is 0 Å². The summed E-state index contributed by atoms with van der Waals surface area (Å²) in [5.41, 5.74) is 6.56. The van der Waals surface area contributed by atoms with Gasteiger partial charge in [0.15, 0.2) is 0 Å². The van der Waals surface area contributed by atoms with Crippen LogP contribution in [0, 0.1) is 0 Å². The molecule has 0 spiro atoms. The summed E-state index contributed by atoms with van der Waals surface area (Å²) in [5.74, 6) is 0. The third-order valence-corrected chi connectivity index (χ3v) is 2.24. The summed E-state index contributed by atoms with van der Waals surface area (Å²) < 4.78 is 5.66. The first kappa shape index (κ1) is 7.76. The molecule has 1 aromatic heterocycles. The zero-order chi connectivity index (χ0) is 8.39. The van der Waals surface area contributed by atoms with Gasteiger partial charge in [0.2, 0.25) is 0 Å². The molecule has 0 amide bonds. The molecule has 1 saturated heterocycles. The van der Waals surface area contributed by atoms with Crippen LogP contribution >= 0.6 is 0 Å². The zero-order valence-corrected chi connectivity index (χ0v) is 6.86. The van der Waals surface area contributed by atoms with Gasteiger partial charge >= 0.3 is 0 Å². The highest BCUT2D eigenvalue weighted by Gasteiger charge is 2.25. The molecule has 0 aliphatic carbocycles. The van der Waals surface area contributed by atoms with Crippen LogP contribution < -0.4 is 5.73 Å². The fraction of sp³-hybridized carbons (Fsp3) is 0.625. The Morgan fingerprint density at radius 3 is 3.17 bits per heavy atom. The van der Waals surface area contributed by atoms with E-state index >= 15 is 0 Å². The second-order valence-corrected chi connectivity index (χ2v) is 3.07. The lowest BCUT2D eigenvalue weighted by Gasteiger charge is -2.09. The first-order chi connectivity index (χ1) is 5.90. The van der Waals surface area contributed by atoms with Gasteiger partial charge in [0.1, 0.15) is 0 Å². The van der Waals surface area contributed by atoms with Crippen molar-refractivity contribution in [1.29, 1.82) is 0 Å². The van der Waals surface area contributed by atoms with Crippen LogP contribution in [0.4, 0.5) is 0 Å². The summed E-state index contributed by atoms with van der Waals surface area (Å²) >= 11 is 0. The van der Waals surface area contributed by atoms with Crippen molar-refractivity contribution >= 4 is 0 Å². The molecular formula is C8H13N3O.